The van der Waals surface area contributed by atoms with Crippen molar-refractivity contribution in [3.05, 3.63) is 29.4 Å². The van der Waals surface area contributed by atoms with E-state index in [2.05, 4.69) is 4.74 Å². The summed E-state index contributed by atoms with van der Waals surface area (Å²) in [6.07, 6.45) is 1.22. The summed E-state index contributed by atoms with van der Waals surface area (Å²) < 4.78 is 11.7. The highest BCUT2D eigenvalue weighted by Crippen LogP contribution is 2.34. The second-order valence-corrected chi connectivity index (χ2v) is 4.51. The molecule has 18 heavy (non-hydrogen) atoms. The summed E-state index contributed by atoms with van der Waals surface area (Å²) in [4.78, 5) is 11.5. The van der Waals surface area contributed by atoms with Crippen molar-refractivity contribution in [3.63, 3.8) is 0 Å². The van der Waals surface area contributed by atoms with Crippen LogP contribution in [-0.4, -0.2) is 23.9 Å². The van der Waals surface area contributed by atoms with Crippen molar-refractivity contribution in [1.82, 2.24) is 4.57 Å². The Morgan fingerprint density at radius 2 is 2.06 bits per heavy atom. The Kier molecular flexibility index (Phi) is 3.48. The molecule has 5 heteroatoms. The molecule has 0 aliphatic carbocycles. The van der Waals surface area contributed by atoms with Gasteiger partial charge in [-0.15, -0.1) is 0 Å². The minimum absolute atomic E-state index is 0.0441. The number of benzene rings is 1. The topological polar surface area (TPSA) is 40.5 Å². The van der Waals surface area contributed by atoms with Gasteiger partial charge in [-0.1, -0.05) is 11.6 Å². The molecule has 0 N–H and O–H groups in total. The molecule has 1 aromatic carbocycles. The van der Waals surface area contributed by atoms with E-state index < -0.39 is 6.09 Å². The monoisotopic (exact) mass is 267 g/mol. The number of fused-ring (bicyclic) bond motifs is 1. The molecule has 0 spiro atoms. The van der Waals surface area contributed by atoms with Gasteiger partial charge in [-0.05, 0) is 32.0 Å². The number of hydrogen-bond donors (Lipinski definition) is 0. The van der Waals surface area contributed by atoms with E-state index in [1.807, 2.05) is 13.8 Å². The van der Waals surface area contributed by atoms with Gasteiger partial charge in [0.15, 0.2) is 0 Å². The fourth-order valence-corrected chi connectivity index (χ4v) is 2.03. The van der Waals surface area contributed by atoms with Crippen molar-refractivity contribution in [3.8, 4) is 5.75 Å². The van der Waals surface area contributed by atoms with Crippen LogP contribution < -0.4 is 4.74 Å². The first-order chi connectivity index (χ1) is 8.54. The van der Waals surface area contributed by atoms with Gasteiger partial charge >= 0.3 is 6.09 Å². The number of rotatable bonds is 2. The Bertz CT molecular complexity index is 589. The molecule has 0 amide bonds. The number of carbonyl (C=O) groups is 1. The Balaban J connectivity index is 2.53. The third-order valence-corrected chi connectivity index (χ3v) is 2.89. The number of halogens is 1. The lowest BCUT2D eigenvalue weighted by atomic mass is 10.2. The molecule has 2 aromatic rings. The molecule has 0 saturated carbocycles. The van der Waals surface area contributed by atoms with Crippen molar-refractivity contribution < 1.29 is 14.3 Å². The second kappa shape index (κ2) is 4.90. The van der Waals surface area contributed by atoms with Crippen LogP contribution in [0.4, 0.5) is 4.79 Å². The van der Waals surface area contributed by atoms with Crippen LogP contribution in [0, 0.1) is 0 Å². The zero-order chi connectivity index (χ0) is 13.3. The number of nitrogens with zero attached hydrogens (tertiary/aromatic N) is 1. The Hall–Kier alpha value is -1.68. The number of aromatic nitrogens is 1. The van der Waals surface area contributed by atoms with Crippen LogP contribution in [0.1, 0.15) is 13.8 Å². The quantitative estimate of drug-likeness (QED) is 0.833. The van der Waals surface area contributed by atoms with Gasteiger partial charge < -0.3 is 9.47 Å². The zero-order valence-corrected chi connectivity index (χ0v) is 11.2. The van der Waals surface area contributed by atoms with Gasteiger partial charge in [0, 0.05) is 11.6 Å². The first-order valence-corrected chi connectivity index (χ1v) is 5.97. The molecule has 1 heterocycles. The molecule has 1 aromatic heterocycles. The van der Waals surface area contributed by atoms with Crippen molar-refractivity contribution in [2.24, 2.45) is 0 Å². The van der Waals surface area contributed by atoms with Crippen LogP contribution in [0.15, 0.2) is 24.4 Å². The zero-order valence-electron chi connectivity index (χ0n) is 10.4. The van der Waals surface area contributed by atoms with E-state index >= 15 is 0 Å². The van der Waals surface area contributed by atoms with E-state index in [1.165, 1.54) is 11.7 Å². The lowest BCUT2D eigenvalue weighted by Gasteiger charge is -2.12. The van der Waals surface area contributed by atoms with E-state index in [0.717, 1.165) is 5.39 Å². The molecular formula is C13H14ClNO3. The van der Waals surface area contributed by atoms with Gasteiger partial charge in [-0.25, -0.2) is 4.79 Å². The maximum absolute atomic E-state index is 11.5. The molecule has 0 aliphatic heterocycles. The van der Waals surface area contributed by atoms with Crippen LogP contribution in [0.2, 0.25) is 5.02 Å². The third kappa shape index (κ3) is 2.16. The van der Waals surface area contributed by atoms with Gasteiger partial charge in [0.2, 0.25) is 0 Å². The molecule has 0 radical (unpaired) electrons. The Labute approximate surface area is 110 Å². The maximum Gasteiger partial charge on any atom is 0.418 e. The highest BCUT2D eigenvalue weighted by molar-refractivity contribution is 6.37. The molecule has 0 saturated heterocycles. The average molecular weight is 268 g/mol. The predicted molar refractivity (Wildman–Crippen MR) is 70.5 cm³/mol. The van der Waals surface area contributed by atoms with Gasteiger partial charge in [0.05, 0.1) is 23.8 Å². The molecule has 0 bridgehead atoms. The number of carbonyl (C=O) groups excluding carboxylic acids is 1. The van der Waals surface area contributed by atoms with Crippen LogP contribution >= 0.6 is 11.6 Å². The maximum atomic E-state index is 11.5. The number of hydrogen-bond acceptors (Lipinski definition) is 3. The summed E-state index contributed by atoms with van der Waals surface area (Å²) in [5.41, 5.74) is 0.697. The van der Waals surface area contributed by atoms with Gasteiger partial charge in [-0.2, -0.15) is 0 Å². The van der Waals surface area contributed by atoms with Gasteiger partial charge in [0.1, 0.15) is 5.75 Å². The Morgan fingerprint density at radius 1 is 1.33 bits per heavy atom. The summed E-state index contributed by atoms with van der Waals surface area (Å²) in [7, 11) is 1.34. The van der Waals surface area contributed by atoms with E-state index in [-0.39, 0.29) is 6.10 Å². The molecule has 0 atom stereocenters. The largest absolute Gasteiger partial charge is 0.489 e. The lowest BCUT2D eigenvalue weighted by molar-refractivity contribution is 0.174. The van der Waals surface area contributed by atoms with Crippen molar-refractivity contribution in [1.29, 1.82) is 0 Å². The average Bonchev–Trinajstić information content (AvgIpc) is 2.76. The first-order valence-electron chi connectivity index (χ1n) is 5.59. The molecule has 4 nitrogen and oxygen atoms in total. The summed E-state index contributed by atoms with van der Waals surface area (Å²) in [5, 5.41) is 1.27. The van der Waals surface area contributed by atoms with Crippen LogP contribution in [-0.2, 0) is 4.74 Å². The third-order valence-electron chi connectivity index (χ3n) is 2.51. The standard InChI is InChI=1S/C13H14ClNO3/c1-8(2)18-11-5-4-10-9(12(11)14)6-7-15(10)13(16)17-3/h4-8H,1-3H3. The summed E-state index contributed by atoms with van der Waals surface area (Å²) in [5.74, 6) is 0.613. The van der Waals surface area contributed by atoms with Crippen LogP contribution in [0.5, 0.6) is 5.75 Å². The summed E-state index contributed by atoms with van der Waals surface area (Å²) in [6.45, 7) is 3.86. The summed E-state index contributed by atoms with van der Waals surface area (Å²) >= 11 is 6.26. The minimum Gasteiger partial charge on any atom is -0.489 e. The SMILES string of the molecule is COC(=O)n1ccc2c(Cl)c(OC(C)C)ccc21. The fraction of sp³-hybridized carbons (Fsp3) is 0.308. The lowest BCUT2D eigenvalue weighted by Crippen LogP contribution is -2.09. The van der Waals surface area contributed by atoms with Crippen LogP contribution in [0.3, 0.4) is 0 Å². The smallest absolute Gasteiger partial charge is 0.418 e. The van der Waals surface area contributed by atoms with Crippen molar-refractivity contribution >= 4 is 28.6 Å². The normalized spacial score (nSPS) is 10.9. The highest BCUT2D eigenvalue weighted by atomic mass is 35.5. The van der Waals surface area contributed by atoms with E-state index in [0.29, 0.717) is 16.3 Å². The van der Waals surface area contributed by atoms with Crippen molar-refractivity contribution in [2.45, 2.75) is 20.0 Å². The molecule has 2 rings (SSSR count). The fourth-order valence-electron chi connectivity index (χ4n) is 1.76. The molecule has 0 unspecified atom stereocenters. The first kappa shape index (κ1) is 12.8. The number of methoxy groups -OCH3 is 1. The predicted octanol–water partition coefficient (Wildman–Crippen LogP) is 3.70. The second-order valence-electron chi connectivity index (χ2n) is 4.13. The van der Waals surface area contributed by atoms with Crippen LogP contribution in [0.25, 0.3) is 10.9 Å². The molecule has 96 valence electrons. The molecule has 0 aliphatic rings. The summed E-state index contributed by atoms with van der Waals surface area (Å²) in [6, 6.07) is 5.31. The van der Waals surface area contributed by atoms with Crippen molar-refractivity contribution in [2.75, 3.05) is 7.11 Å². The van der Waals surface area contributed by atoms with E-state index in [1.54, 1.807) is 24.4 Å². The van der Waals surface area contributed by atoms with E-state index in [9.17, 15) is 4.79 Å². The highest BCUT2D eigenvalue weighted by Gasteiger charge is 2.14. The number of ether oxygens (including phenoxy) is 2. The molecule has 0 fully saturated rings. The molecular weight excluding hydrogens is 254 g/mol. The van der Waals surface area contributed by atoms with E-state index in [4.69, 9.17) is 16.3 Å². The minimum atomic E-state index is -0.446. The van der Waals surface area contributed by atoms with Gasteiger partial charge in [0.25, 0.3) is 0 Å². The van der Waals surface area contributed by atoms with Gasteiger partial charge in [-0.3, -0.25) is 4.57 Å². The Morgan fingerprint density at radius 3 is 2.67 bits per heavy atom.